The fraction of sp³-hybridized carbons (Fsp3) is 0.474. The Morgan fingerprint density at radius 3 is 2.58 bits per heavy atom. The van der Waals surface area contributed by atoms with E-state index in [1.165, 1.54) is 5.56 Å². The summed E-state index contributed by atoms with van der Waals surface area (Å²) in [4.78, 5) is 16.9. The van der Waals surface area contributed by atoms with Crippen molar-refractivity contribution in [3.05, 3.63) is 54.1 Å². The van der Waals surface area contributed by atoms with E-state index < -0.39 is 5.41 Å². The molecule has 0 unspecified atom stereocenters. The van der Waals surface area contributed by atoms with Crippen molar-refractivity contribution in [1.29, 1.82) is 0 Å². The SMILES string of the molecule is CCC(CC)(CN)C(=O)NCCc1nccn1Cc1ccccc1. The molecule has 5 nitrogen and oxygen atoms in total. The molecule has 0 aliphatic heterocycles. The lowest BCUT2D eigenvalue weighted by Gasteiger charge is -2.28. The number of nitrogens with one attached hydrogen (secondary N) is 1. The number of carbonyl (C=O) groups is 1. The fourth-order valence-corrected chi connectivity index (χ4v) is 2.92. The molecular formula is C19H28N4O. The van der Waals surface area contributed by atoms with Gasteiger partial charge in [0.05, 0.1) is 5.41 Å². The zero-order valence-electron chi connectivity index (χ0n) is 14.7. The molecule has 2 aromatic rings. The lowest BCUT2D eigenvalue weighted by atomic mass is 9.81. The van der Waals surface area contributed by atoms with Crippen LogP contribution in [0, 0.1) is 5.41 Å². The first-order chi connectivity index (χ1) is 11.6. The topological polar surface area (TPSA) is 72.9 Å². The van der Waals surface area contributed by atoms with Gasteiger partial charge in [-0.1, -0.05) is 44.2 Å². The van der Waals surface area contributed by atoms with Crippen LogP contribution in [0.5, 0.6) is 0 Å². The average molecular weight is 328 g/mol. The molecule has 0 aliphatic carbocycles. The molecular weight excluding hydrogens is 300 g/mol. The molecule has 0 radical (unpaired) electrons. The number of amides is 1. The predicted molar refractivity (Wildman–Crippen MR) is 96.6 cm³/mol. The fourth-order valence-electron chi connectivity index (χ4n) is 2.92. The molecule has 0 spiro atoms. The summed E-state index contributed by atoms with van der Waals surface area (Å²) >= 11 is 0. The van der Waals surface area contributed by atoms with E-state index in [1.54, 1.807) is 0 Å². The Kier molecular flexibility index (Phi) is 6.55. The first-order valence-electron chi connectivity index (χ1n) is 8.67. The number of nitrogens with zero attached hydrogens (tertiary/aromatic N) is 2. The van der Waals surface area contributed by atoms with Crippen LogP contribution in [0.1, 0.15) is 38.1 Å². The van der Waals surface area contributed by atoms with Crippen LogP contribution in [0.2, 0.25) is 0 Å². The maximum Gasteiger partial charge on any atom is 0.227 e. The molecule has 1 amide bonds. The summed E-state index contributed by atoms with van der Waals surface area (Å²) in [5.41, 5.74) is 6.62. The van der Waals surface area contributed by atoms with Gasteiger partial charge in [0.2, 0.25) is 5.91 Å². The smallest absolute Gasteiger partial charge is 0.227 e. The molecule has 24 heavy (non-hydrogen) atoms. The van der Waals surface area contributed by atoms with Crippen LogP contribution >= 0.6 is 0 Å². The molecule has 0 aliphatic rings. The minimum Gasteiger partial charge on any atom is -0.355 e. The number of nitrogens with two attached hydrogens (primary N) is 1. The summed E-state index contributed by atoms with van der Waals surface area (Å²) < 4.78 is 2.12. The van der Waals surface area contributed by atoms with Crippen LogP contribution in [0.15, 0.2) is 42.7 Å². The number of rotatable bonds is 9. The van der Waals surface area contributed by atoms with Crippen molar-refractivity contribution < 1.29 is 4.79 Å². The van der Waals surface area contributed by atoms with E-state index >= 15 is 0 Å². The molecule has 3 N–H and O–H groups in total. The molecule has 2 rings (SSSR count). The van der Waals surface area contributed by atoms with E-state index in [2.05, 4.69) is 27.0 Å². The van der Waals surface area contributed by atoms with Gasteiger partial charge in [-0.05, 0) is 18.4 Å². The third-order valence-electron chi connectivity index (χ3n) is 4.86. The van der Waals surface area contributed by atoms with Crippen LogP contribution in [-0.2, 0) is 17.8 Å². The van der Waals surface area contributed by atoms with E-state index in [1.807, 2.05) is 44.4 Å². The van der Waals surface area contributed by atoms with Gasteiger partial charge in [-0.15, -0.1) is 0 Å². The molecule has 0 atom stereocenters. The Morgan fingerprint density at radius 2 is 1.96 bits per heavy atom. The summed E-state index contributed by atoms with van der Waals surface area (Å²) in [5.74, 6) is 1.03. The molecule has 1 aromatic heterocycles. The third kappa shape index (κ3) is 4.23. The molecule has 0 fully saturated rings. The standard InChI is InChI=1S/C19H28N4O/c1-3-19(4-2,15-20)18(24)22-11-10-17-21-12-13-23(17)14-16-8-6-5-7-9-16/h5-9,12-13H,3-4,10-11,14-15,20H2,1-2H3,(H,22,24). The van der Waals surface area contributed by atoms with Gasteiger partial charge in [0.25, 0.3) is 0 Å². The zero-order chi connectivity index (χ0) is 17.4. The van der Waals surface area contributed by atoms with E-state index in [0.717, 1.165) is 25.2 Å². The predicted octanol–water partition coefficient (Wildman–Crippen LogP) is 2.36. The first-order valence-corrected chi connectivity index (χ1v) is 8.67. The van der Waals surface area contributed by atoms with Gasteiger partial charge in [0.1, 0.15) is 5.82 Å². The first kappa shape index (κ1) is 18.2. The third-order valence-corrected chi connectivity index (χ3v) is 4.86. The number of imidazole rings is 1. The van der Waals surface area contributed by atoms with Crippen molar-refractivity contribution in [2.45, 2.75) is 39.7 Å². The highest BCUT2D eigenvalue weighted by Gasteiger charge is 2.32. The average Bonchev–Trinajstić information content (AvgIpc) is 3.05. The zero-order valence-corrected chi connectivity index (χ0v) is 14.7. The summed E-state index contributed by atoms with van der Waals surface area (Å²) in [6.07, 6.45) is 6.01. The normalized spacial score (nSPS) is 11.5. The molecule has 0 saturated heterocycles. The van der Waals surface area contributed by atoms with Gasteiger partial charge in [-0.25, -0.2) is 4.98 Å². The van der Waals surface area contributed by atoms with Crippen LogP contribution in [-0.4, -0.2) is 28.5 Å². The lowest BCUT2D eigenvalue weighted by molar-refractivity contribution is -0.131. The number of carbonyl (C=O) groups excluding carboxylic acids is 1. The van der Waals surface area contributed by atoms with Crippen molar-refractivity contribution >= 4 is 5.91 Å². The van der Waals surface area contributed by atoms with Gasteiger partial charge in [-0.3, -0.25) is 4.79 Å². The van der Waals surface area contributed by atoms with E-state index in [9.17, 15) is 4.79 Å². The van der Waals surface area contributed by atoms with Crippen LogP contribution in [0.4, 0.5) is 0 Å². The van der Waals surface area contributed by atoms with Gasteiger partial charge < -0.3 is 15.6 Å². The minimum absolute atomic E-state index is 0.0520. The summed E-state index contributed by atoms with van der Waals surface area (Å²) in [6.45, 7) is 5.78. The largest absolute Gasteiger partial charge is 0.355 e. The quantitative estimate of drug-likeness (QED) is 0.742. The van der Waals surface area contributed by atoms with E-state index in [4.69, 9.17) is 5.73 Å². The van der Waals surface area contributed by atoms with Gasteiger partial charge in [0, 0.05) is 38.4 Å². The molecule has 0 bridgehead atoms. The molecule has 1 heterocycles. The van der Waals surface area contributed by atoms with Crippen molar-refractivity contribution in [2.24, 2.45) is 11.1 Å². The van der Waals surface area contributed by atoms with Crippen LogP contribution in [0.25, 0.3) is 0 Å². The van der Waals surface area contributed by atoms with Crippen molar-refractivity contribution in [3.8, 4) is 0 Å². The van der Waals surface area contributed by atoms with Gasteiger partial charge in [-0.2, -0.15) is 0 Å². The number of aromatic nitrogens is 2. The van der Waals surface area contributed by atoms with Gasteiger partial charge in [0.15, 0.2) is 0 Å². The summed E-state index contributed by atoms with van der Waals surface area (Å²) in [5, 5.41) is 3.03. The highest BCUT2D eigenvalue weighted by Crippen LogP contribution is 2.24. The van der Waals surface area contributed by atoms with Crippen LogP contribution in [0.3, 0.4) is 0 Å². The highest BCUT2D eigenvalue weighted by molar-refractivity contribution is 5.82. The molecule has 130 valence electrons. The molecule has 5 heteroatoms. The van der Waals surface area contributed by atoms with Crippen molar-refractivity contribution in [2.75, 3.05) is 13.1 Å². The Hall–Kier alpha value is -2.14. The summed E-state index contributed by atoms with van der Waals surface area (Å²) in [7, 11) is 0. The van der Waals surface area contributed by atoms with Crippen LogP contribution < -0.4 is 11.1 Å². The Balaban J connectivity index is 1.92. The maximum atomic E-state index is 12.4. The Bertz CT molecular complexity index is 624. The molecule has 0 saturated carbocycles. The Morgan fingerprint density at radius 1 is 1.25 bits per heavy atom. The number of hydrogen-bond donors (Lipinski definition) is 2. The minimum atomic E-state index is -0.445. The summed E-state index contributed by atoms with van der Waals surface area (Å²) in [6, 6.07) is 10.3. The maximum absolute atomic E-state index is 12.4. The van der Waals surface area contributed by atoms with E-state index in [-0.39, 0.29) is 5.91 Å². The van der Waals surface area contributed by atoms with Crippen molar-refractivity contribution in [1.82, 2.24) is 14.9 Å². The lowest BCUT2D eigenvalue weighted by Crippen LogP contribution is -2.45. The molecule has 1 aromatic carbocycles. The number of hydrogen-bond acceptors (Lipinski definition) is 3. The van der Waals surface area contributed by atoms with E-state index in [0.29, 0.717) is 19.5 Å². The second-order valence-electron chi connectivity index (χ2n) is 6.15. The monoisotopic (exact) mass is 328 g/mol. The Labute approximate surface area is 144 Å². The second kappa shape index (κ2) is 8.64. The number of benzene rings is 1. The second-order valence-corrected chi connectivity index (χ2v) is 6.15. The van der Waals surface area contributed by atoms with Gasteiger partial charge >= 0.3 is 0 Å². The van der Waals surface area contributed by atoms with Crippen molar-refractivity contribution in [3.63, 3.8) is 0 Å². The highest BCUT2D eigenvalue weighted by atomic mass is 16.2.